The van der Waals surface area contributed by atoms with Crippen LogP contribution in [0, 0.1) is 6.92 Å². The predicted molar refractivity (Wildman–Crippen MR) is 87.0 cm³/mol. The number of aryl methyl sites for hydroxylation is 1. The predicted octanol–water partition coefficient (Wildman–Crippen LogP) is 4.44. The zero-order valence-corrected chi connectivity index (χ0v) is 13.2. The lowest BCUT2D eigenvalue weighted by Crippen LogP contribution is -2.08. The van der Waals surface area contributed by atoms with Crippen molar-refractivity contribution in [1.29, 1.82) is 0 Å². The van der Waals surface area contributed by atoms with Gasteiger partial charge in [0.05, 0.1) is 0 Å². The van der Waals surface area contributed by atoms with Crippen LogP contribution in [-0.4, -0.2) is 14.1 Å². The Morgan fingerprint density at radius 1 is 1.05 bits per heavy atom. The van der Waals surface area contributed by atoms with Gasteiger partial charge >= 0.3 is 0 Å². The van der Waals surface area contributed by atoms with Crippen molar-refractivity contribution in [3.63, 3.8) is 0 Å². The molecule has 0 aliphatic carbocycles. The van der Waals surface area contributed by atoms with E-state index in [0.29, 0.717) is 0 Å². The van der Waals surface area contributed by atoms with Gasteiger partial charge < -0.3 is 10.2 Å². The molecule has 3 heteroatoms. The Morgan fingerprint density at radius 2 is 1.74 bits per heavy atom. The summed E-state index contributed by atoms with van der Waals surface area (Å²) in [6.07, 6.45) is 0. The van der Waals surface area contributed by atoms with E-state index < -0.39 is 0 Å². The summed E-state index contributed by atoms with van der Waals surface area (Å²) >= 11 is 3.57. The molecule has 1 N–H and O–H groups in total. The minimum atomic E-state index is 0.829. The first-order valence-corrected chi connectivity index (χ1v) is 7.12. The molecule has 0 fully saturated rings. The second-order valence-electron chi connectivity index (χ2n) is 4.90. The van der Waals surface area contributed by atoms with Crippen molar-refractivity contribution in [2.45, 2.75) is 13.5 Å². The SMILES string of the molecule is Cc1ccc(Br)c(NCc2ccc(N(C)C)cc2)c1. The molecule has 0 aromatic heterocycles. The molecular weight excluding hydrogens is 300 g/mol. The highest BCUT2D eigenvalue weighted by molar-refractivity contribution is 9.10. The van der Waals surface area contributed by atoms with Crippen molar-refractivity contribution >= 4 is 27.3 Å². The average Bonchev–Trinajstić information content (AvgIpc) is 2.40. The van der Waals surface area contributed by atoms with Crippen LogP contribution in [0.3, 0.4) is 0 Å². The highest BCUT2D eigenvalue weighted by atomic mass is 79.9. The summed E-state index contributed by atoms with van der Waals surface area (Å²) in [4.78, 5) is 2.11. The summed E-state index contributed by atoms with van der Waals surface area (Å²) in [7, 11) is 4.11. The normalized spacial score (nSPS) is 10.3. The average molecular weight is 319 g/mol. The number of hydrogen-bond donors (Lipinski definition) is 1. The lowest BCUT2D eigenvalue weighted by molar-refractivity contribution is 1.11. The number of nitrogens with zero attached hydrogens (tertiary/aromatic N) is 1. The largest absolute Gasteiger partial charge is 0.380 e. The van der Waals surface area contributed by atoms with Gasteiger partial charge in [-0.05, 0) is 58.2 Å². The molecule has 0 saturated heterocycles. The molecule has 0 bridgehead atoms. The fourth-order valence-corrected chi connectivity index (χ4v) is 2.27. The van der Waals surface area contributed by atoms with Crippen LogP contribution in [0.2, 0.25) is 0 Å². The molecule has 0 radical (unpaired) electrons. The molecule has 2 aromatic rings. The Bertz CT molecular complexity index is 547. The van der Waals surface area contributed by atoms with E-state index in [9.17, 15) is 0 Å². The highest BCUT2D eigenvalue weighted by Crippen LogP contribution is 2.24. The zero-order valence-electron chi connectivity index (χ0n) is 11.6. The summed E-state index contributed by atoms with van der Waals surface area (Å²) in [6, 6.07) is 14.9. The zero-order chi connectivity index (χ0) is 13.8. The van der Waals surface area contributed by atoms with Crippen molar-refractivity contribution < 1.29 is 0 Å². The number of hydrogen-bond acceptors (Lipinski definition) is 2. The van der Waals surface area contributed by atoms with Gasteiger partial charge in [0.15, 0.2) is 0 Å². The Labute approximate surface area is 123 Å². The van der Waals surface area contributed by atoms with E-state index in [4.69, 9.17) is 0 Å². The van der Waals surface area contributed by atoms with Gasteiger partial charge in [0.2, 0.25) is 0 Å². The Kier molecular flexibility index (Phi) is 4.48. The van der Waals surface area contributed by atoms with Gasteiger partial charge in [0.1, 0.15) is 0 Å². The molecule has 0 atom stereocenters. The van der Waals surface area contributed by atoms with E-state index in [0.717, 1.165) is 16.7 Å². The maximum Gasteiger partial charge on any atom is 0.0489 e. The highest BCUT2D eigenvalue weighted by Gasteiger charge is 2.00. The Morgan fingerprint density at radius 3 is 2.37 bits per heavy atom. The molecule has 2 rings (SSSR count). The van der Waals surface area contributed by atoms with Crippen LogP contribution in [0.5, 0.6) is 0 Å². The molecule has 0 spiro atoms. The molecule has 0 heterocycles. The van der Waals surface area contributed by atoms with E-state index in [1.165, 1.54) is 16.8 Å². The standard InChI is InChI=1S/C16H19BrN2/c1-12-4-9-15(17)16(10-12)18-11-13-5-7-14(8-6-13)19(2)3/h4-10,18H,11H2,1-3H3. The molecular formula is C16H19BrN2. The Balaban J connectivity index is 2.04. The van der Waals surface area contributed by atoms with E-state index in [2.05, 4.69) is 89.6 Å². The molecule has 0 aliphatic rings. The molecule has 0 aliphatic heterocycles. The summed E-state index contributed by atoms with van der Waals surface area (Å²) in [5.74, 6) is 0. The third kappa shape index (κ3) is 3.74. The number of benzene rings is 2. The van der Waals surface area contributed by atoms with Crippen LogP contribution in [0.1, 0.15) is 11.1 Å². The summed E-state index contributed by atoms with van der Waals surface area (Å²) < 4.78 is 1.10. The molecule has 19 heavy (non-hydrogen) atoms. The van der Waals surface area contributed by atoms with Crippen LogP contribution >= 0.6 is 15.9 Å². The topological polar surface area (TPSA) is 15.3 Å². The fraction of sp³-hybridized carbons (Fsp3) is 0.250. The van der Waals surface area contributed by atoms with E-state index in [-0.39, 0.29) is 0 Å². The molecule has 2 aromatic carbocycles. The number of halogens is 1. The maximum absolute atomic E-state index is 3.57. The van der Waals surface area contributed by atoms with E-state index in [1.807, 2.05) is 0 Å². The molecule has 0 saturated carbocycles. The minimum Gasteiger partial charge on any atom is -0.380 e. The summed E-state index contributed by atoms with van der Waals surface area (Å²) in [5, 5.41) is 3.46. The second-order valence-corrected chi connectivity index (χ2v) is 5.75. The fourth-order valence-electron chi connectivity index (χ4n) is 1.88. The first-order chi connectivity index (χ1) is 9.06. The summed E-state index contributed by atoms with van der Waals surface area (Å²) in [6.45, 7) is 2.93. The van der Waals surface area contributed by atoms with Crippen molar-refractivity contribution in [2.75, 3.05) is 24.3 Å². The lowest BCUT2D eigenvalue weighted by Gasteiger charge is -2.13. The third-order valence-corrected chi connectivity index (χ3v) is 3.75. The molecule has 0 amide bonds. The van der Waals surface area contributed by atoms with Gasteiger partial charge in [-0.3, -0.25) is 0 Å². The van der Waals surface area contributed by atoms with Gasteiger partial charge in [-0.25, -0.2) is 0 Å². The number of nitrogens with one attached hydrogen (secondary N) is 1. The van der Waals surface area contributed by atoms with E-state index >= 15 is 0 Å². The van der Waals surface area contributed by atoms with Crippen molar-refractivity contribution in [2.24, 2.45) is 0 Å². The van der Waals surface area contributed by atoms with Crippen LogP contribution in [0.15, 0.2) is 46.9 Å². The quantitative estimate of drug-likeness (QED) is 0.896. The van der Waals surface area contributed by atoms with E-state index in [1.54, 1.807) is 0 Å². The van der Waals surface area contributed by atoms with Gasteiger partial charge in [0, 0.05) is 36.5 Å². The van der Waals surface area contributed by atoms with Crippen LogP contribution in [-0.2, 0) is 6.54 Å². The number of anilines is 2. The minimum absolute atomic E-state index is 0.829. The third-order valence-electron chi connectivity index (χ3n) is 3.06. The van der Waals surface area contributed by atoms with Gasteiger partial charge in [-0.1, -0.05) is 18.2 Å². The summed E-state index contributed by atoms with van der Waals surface area (Å²) in [5.41, 5.74) is 4.89. The molecule has 100 valence electrons. The smallest absolute Gasteiger partial charge is 0.0489 e. The van der Waals surface area contributed by atoms with Crippen molar-refractivity contribution in [3.8, 4) is 0 Å². The van der Waals surface area contributed by atoms with Crippen LogP contribution < -0.4 is 10.2 Å². The molecule has 0 unspecified atom stereocenters. The lowest BCUT2D eigenvalue weighted by atomic mass is 10.2. The van der Waals surface area contributed by atoms with Crippen molar-refractivity contribution in [3.05, 3.63) is 58.1 Å². The monoisotopic (exact) mass is 318 g/mol. The first-order valence-electron chi connectivity index (χ1n) is 6.32. The first kappa shape index (κ1) is 13.9. The van der Waals surface area contributed by atoms with Gasteiger partial charge in [-0.2, -0.15) is 0 Å². The molecule has 2 nitrogen and oxygen atoms in total. The second kappa shape index (κ2) is 6.11. The maximum atomic E-state index is 3.57. The van der Waals surface area contributed by atoms with Crippen molar-refractivity contribution in [1.82, 2.24) is 0 Å². The van der Waals surface area contributed by atoms with Crippen LogP contribution in [0.4, 0.5) is 11.4 Å². The number of rotatable bonds is 4. The van der Waals surface area contributed by atoms with Crippen LogP contribution in [0.25, 0.3) is 0 Å². The van der Waals surface area contributed by atoms with Gasteiger partial charge in [-0.15, -0.1) is 0 Å². The Hall–Kier alpha value is -1.48. The van der Waals surface area contributed by atoms with Gasteiger partial charge in [0.25, 0.3) is 0 Å².